The molecule has 1 heterocycles. The van der Waals surface area contributed by atoms with Crippen molar-refractivity contribution in [3.8, 4) is 5.75 Å². The predicted octanol–water partition coefficient (Wildman–Crippen LogP) is 7.61. The second kappa shape index (κ2) is 13.4. The fourth-order valence-corrected chi connectivity index (χ4v) is 17.6. The minimum atomic E-state index is -2.91. The number of hydrogen-bond donors (Lipinski definition) is 1. The first kappa shape index (κ1) is 34.0. The maximum atomic E-state index is 13.0. The molecule has 2 fully saturated rings. The summed E-state index contributed by atoms with van der Waals surface area (Å²) in [6, 6.07) is 8.84. The summed E-state index contributed by atoms with van der Waals surface area (Å²) >= 11 is 5.56. The molecule has 0 radical (unpaired) electrons. The Bertz CT molecular complexity index is 1020. The zero-order chi connectivity index (χ0) is 30.8. The SMILES string of the molecule is CC(C)[Si]1(C(C)C)OC[C@H]2C[C@@H](NC(=O)OC(C)(C)C)[C@H](OC(=S)Oc3ccccc3)[C@@H]2O[Si](C(C)C)(C(C)C)O1. The van der Waals surface area contributed by atoms with E-state index in [1.54, 1.807) is 0 Å². The maximum Gasteiger partial charge on any atom is 0.408 e. The number of amides is 1. The first-order chi connectivity index (χ1) is 19.0. The molecule has 1 aromatic rings. The van der Waals surface area contributed by atoms with Crippen molar-refractivity contribution in [2.45, 2.75) is 129 Å². The Balaban J connectivity index is 2.02. The van der Waals surface area contributed by atoms with Crippen LogP contribution in [0.5, 0.6) is 5.75 Å². The van der Waals surface area contributed by atoms with Crippen LogP contribution < -0.4 is 10.1 Å². The monoisotopic (exact) mass is 625 g/mol. The van der Waals surface area contributed by atoms with Crippen LogP contribution in [0.4, 0.5) is 4.79 Å². The molecule has 1 amide bonds. The van der Waals surface area contributed by atoms with Crippen molar-refractivity contribution >= 4 is 40.7 Å². The Morgan fingerprint density at radius 1 is 0.951 bits per heavy atom. The second-order valence-corrected chi connectivity index (χ2v) is 22.7. The summed E-state index contributed by atoms with van der Waals surface area (Å²) in [6.45, 7) is 23.5. The van der Waals surface area contributed by atoms with Gasteiger partial charge in [0.2, 0.25) is 0 Å². The Morgan fingerprint density at radius 3 is 2.02 bits per heavy atom. The average Bonchev–Trinajstić information content (AvgIpc) is 3.12. The summed E-state index contributed by atoms with van der Waals surface area (Å²) in [5.41, 5.74) is 0.142. The van der Waals surface area contributed by atoms with E-state index in [-0.39, 0.29) is 33.3 Å². The van der Waals surface area contributed by atoms with E-state index in [4.69, 9.17) is 39.4 Å². The lowest BCUT2D eigenvalue weighted by atomic mass is 10.1. The van der Waals surface area contributed by atoms with Gasteiger partial charge in [-0.25, -0.2) is 4.79 Å². The average molecular weight is 626 g/mol. The molecule has 1 N–H and O–H groups in total. The Morgan fingerprint density at radius 2 is 1.51 bits per heavy atom. The summed E-state index contributed by atoms with van der Waals surface area (Å²) < 4.78 is 39.4. The van der Waals surface area contributed by atoms with E-state index in [0.29, 0.717) is 18.8 Å². The van der Waals surface area contributed by atoms with Gasteiger partial charge in [-0.15, -0.1) is 0 Å². The number of hydrogen-bond acceptors (Lipinski definition) is 8. The Hall–Kier alpha value is -1.51. The Labute approximate surface area is 254 Å². The van der Waals surface area contributed by atoms with Crippen molar-refractivity contribution in [2.75, 3.05) is 6.61 Å². The van der Waals surface area contributed by atoms with Gasteiger partial charge >= 0.3 is 28.5 Å². The molecule has 232 valence electrons. The lowest BCUT2D eigenvalue weighted by Gasteiger charge is -2.51. The van der Waals surface area contributed by atoms with Crippen LogP contribution in [-0.4, -0.2) is 58.9 Å². The molecule has 8 nitrogen and oxygen atoms in total. The van der Waals surface area contributed by atoms with Crippen molar-refractivity contribution in [3.05, 3.63) is 30.3 Å². The molecule has 41 heavy (non-hydrogen) atoms. The maximum absolute atomic E-state index is 13.0. The molecule has 0 aromatic heterocycles. The zero-order valence-corrected chi connectivity index (χ0v) is 29.5. The summed E-state index contributed by atoms with van der Waals surface area (Å²) in [7, 11) is -5.61. The van der Waals surface area contributed by atoms with Crippen LogP contribution in [0.25, 0.3) is 0 Å². The molecule has 1 saturated heterocycles. The van der Waals surface area contributed by atoms with Crippen molar-refractivity contribution in [3.63, 3.8) is 0 Å². The summed E-state index contributed by atoms with van der Waals surface area (Å²) in [5.74, 6) is 0.531. The first-order valence-corrected chi connectivity index (χ1v) is 19.3. The molecule has 1 aromatic carbocycles. The highest BCUT2D eigenvalue weighted by atomic mass is 32.1. The molecule has 1 aliphatic carbocycles. The molecular weight excluding hydrogens is 575 g/mol. The fourth-order valence-electron chi connectivity index (χ4n) is 6.05. The van der Waals surface area contributed by atoms with E-state index in [2.05, 4.69) is 60.7 Å². The largest absolute Gasteiger partial charge is 0.448 e. The molecule has 2 aliphatic rings. The first-order valence-electron chi connectivity index (χ1n) is 15.0. The molecule has 1 aliphatic heterocycles. The molecule has 3 rings (SSSR count). The number of fused-ring (bicyclic) bond motifs is 1. The van der Waals surface area contributed by atoms with Gasteiger partial charge in [-0.05, 0) is 61.5 Å². The second-order valence-electron chi connectivity index (χ2n) is 13.6. The number of nitrogens with one attached hydrogen (secondary N) is 1. The standard InChI is InChI=1S/C30H51NO7SSi2/c1-19(2)40(20(3)4)33-18-23-17-25(31-28(32)36-30(9,10)11)27(35-29(39)34-24-15-13-12-14-16-24)26(23)37-41(38-40,21(5)6)22(7)8/h12-16,19-23,25-27H,17-18H2,1-11H3,(H,31,32)/t23-,25-,26-,27+/m1/s1. The third-order valence-corrected chi connectivity index (χ3v) is 18.4. The van der Waals surface area contributed by atoms with Crippen LogP contribution in [0.1, 0.15) is 82.6 Å². The van der Waals surface area contributed by atoms with Gasteiger partial charge in [0.15, 0.2) is 0 Å². The van der Waals surface area contributed by atoms with Gasteiger partial charge < -0.3 is 32.5 Å². The van der Waals surface area contributed by atoms with E-state index in [1.807, 2.05) is 51.1 Å². The van der Waals surface area contributed by atoms with Gasteiger partial charge in [0.05, 0.1) is 12.1 Å². The van der Waals surface area contributed by atoms with E-state index in [1.165, 1.54) is 0 Å². The number of alkyl carbamates (subject to hydrolysis) is 1. The van der Waals surface area contributed by atoms with Crippen LogP contribution >= 0.6 is 12.2 Å². The summed E-state index contributed by atoms with van der Waals surface area (Å²) in [6.07, 6.45) is -0.964. The summed E-state index contributed by atoms with van der Waals surface area (Å²) in [5, 5.41) is 3.03. The smallest absolute Gasteiger partial charge is 0.408 e. The molecular formula is C30H51NO7SSi2. The van der Waals surface area contributed by atoms with Crippen LogP contribution in [0, 0.1) is 5.92 Å². The van der Waals surface area contributed by atoms with E-state index in [9.17, 15) is 4.79 Å². The molecule has 0 bridgehead atoms. The number of ether oxygens (including phenoxy) is 3. The minimum Gasteiger partial charge on any atom is -0.448 e. The van der Waals surface area contributed by atoms with Gasteiger partial charge in [-0.1, -0.05) is 73.6 Å². The predicted molar refractivity (Wildman–Crippen MR) is 170 cm³/mol. The third-order valence-electron chi connectivity index (χ3n) is 8.00. The number of para-hydroxylation sites is 1. The van der Waals surface area contributed by atoms with Crippen molar-refractivity contribution in [1.82, 2.24) is 5.32 Å². The van der Waals surface area contributed by atoms with E-state index in [0.717, 1.165) is 0 Å². The van der Waals surface area contributed by atoms with Crippen LogP contribution in [0.3, 0.4) is 0 Å². The normalized spacial score (nSPS) is 25.9. The van der Waals surface area contributed by atoms with Crippen LogP contribution in [-0.2, 0) is 22.4 Å². The minimum absolute atomic E-state index is 0.0280. The highest BCUT2D eigenvalue weighted by Crippen LogP contribution is 2.49. The number of carbonyl (C=O) groups excluding carboxylic acids is 1. The zero-order valence-electron chi connectivity index (χ0n) is 26.7. The van der Waals surface area contributed by atoms with Gasteiger partial charge in [-0.3, -0.25) is 0 Å². The van der Waals surface area contributed by atoms with E-state index >= 15 is 0 Å². The number of benzene rings is 1. The van der Waals surface area contributed by atoms with Gasteiger partial charge in [0.1, 0.15) is 17.5 Å². The molecule has 1 saturated carbocycles. The third kappa shape index (κ3) is 7.91. The highest BCUT2D eigenvalue weighted by Gasteiger charge is 2.62. The number of carbonyl (C=O) groups is 1. The highest BCUT2D eigenvalue weighted by molar-refractivity contribution is 7.79. The molecule has 4 atom stereocenters. The lowest BCUT2D eigenvalue weighted by molar-refractivity contribution is -0.0221. The Kier molecular flexibility index (Phi) is 11.1. The van der Waals surface area contributed by atoms with Crippen LogP contribution in [0.15, 0.2) is 30.3 Å². The van der Waals surface area contributed by atoms with Gasteiger partial charge in [0.25, 0.3) is 0 Å². The van der Waals surface area contributed by atoms with E-state index < -0.39 is 47.1 Å². The number of rotatable bonds is 7. The van der Waals surface area contributed by atoms with Crippen molar-refractivity contribution < 1.29 is 32.0 Å². The van der Waals surface area contributed by atoms with Gasteiger partial charge in [-0.2, -0.15) is 0 Å². The van der Waals surface area contributed by atoms with Crippen molar-refractivity contribution in [1.29, 1.82) is 0 Å². The van der Waals surface area contributed by atoms with Crippen LogP contribution in [0.2, 0.25) is 22.2 Å². The summed E-state index contributed by atoms with van der Waals surface area (Å²) in [4.78, 5) is 13.0. The number of thiocarbonyl (C=S) groups is 1. The lowest BCUT2D eigenvalue weighted by Crippen LogP contribution is -2.65. The van der Waals surface area contributed by atoms with Gasteiger partial charge in [0, 0.05) is 24.7 Å². The molecule has 0 unspecified atom stereocenters. The molecule has 11 heteroatoms. The fraction of sp³-hybridized carbons (Fsp3) is 0.733. The van der Waals surface area contributed by atoms with Crippen molar-refractivity contribution in [2.24, 2.45) is 5.92 Å². The molecule has 0 spiro atoms. The quantitative estimate of drug-likeness (QED) is 0.245. The topological polar surface area (TPSA) is 84.5 Å².